The van der Waals surface area contributed by atoms with Gasteiger partial charge in [-0.3, -0.25) is 0 Å². The molecule has 2 amide bonds. The van der Waals surface area contributed by atoms with Crippen LogP contribution >= 0.6 is 11.6 Å². The van der Waals surface area contributed by atoms with Gasteiger partial charge in [-0.25, -0.2) is 10.2 Å². The Morgan fingerprint density at radius 2 is 1.85 bits per heavy atom. The van der Waals surface area contributed by atoms with Crippen molar-refractivity contribution in [3.8, 4) is 5.75 Å². The third-order valence-corrected chi connectivity index (χ3v) is 4.79. The van der Waals surface area contributed by atoms with Gasteiger partial charge in [0.15, 0.2) is 0 Å². The molecular weight excluding hydrogens is 362 g/mol. The van der Waals surface area contributed by atoms with Crippen molar-refractivity contribution in [1.29, 1.82) is 0 Å². The number of para-hydroxylation sites is 1. The molecule has 1 saturated carbocycles. The van der Waals surface area contributed by atoms with E-state index in [4.69, 9.17) is 16.3 Å². The fourth-order valence-corrected chi connectivity index (χ4v) is 3.21. The predicted octanol–water partition coefficient (Wildman–Crippen LogP) is 4.88. The number of urea groups is 1. The normalized spacial score (nSPS) is 14.9. The maximum Gasteiger partial charge on any atom is 0.335 e. The molecule has 1 aliphatic carbocycles. The largest absolute Gasteiger partial charge is 0.488 e. The molecule has 3 rings (SSSR count). The molecular formula is C21H24ClN3O2. The maximum atomic E-state index is 11.9. The molecule has 0 saturated heterocycles. The molecule has 0 unspecified atom stereocenters. The Kier molecular flexibility index (Phi) is 7.11. The lowest BCUT2D eigenvalue weighted by molar-refractivity contribution is 0.233. The Balaban J connectivity index is 1.52. The second-order valence-electron chi connectivity index (χ2n) is 6.63. The number of carbonyl (C=O) groups is 1. The van der Waals surface area contributed by atoms with Gasteiger partial charge in [0.1, 0.15) is 12.4 Å². The summed E-state index contributed by atoms with van der Waals surface area (Å²) in [4.78, 5) is 11.9. The van der Waals surface area contributed by atoms with Gasteiger partial charge in [-0.15, -0.1) is 0 Å². The van der Waals surface area contributed by atoms with Crippen LogP contribution in [0.5, 0.6) is 5.75 Å². The zero-order valence-corrected chi connectivity index (χ0v) is 15.9. The van der Waals surface area contributed by atoms with Crippen LogP contribution in [-0.4, -0.2) is 18.3 Å². The first-order valence-corrected chi connectivity index (χ1v) is 9.64. The minimum atomic E-state index is -0.266. The Labute approximate surface area is 164 Å². The van der Waals surface area contributed by atoms with E-state index in [-0.39, 0.29) is 12.1 Å². The molecule has 2 aromatic rings. The van der Waals surface area contributed by atoms with Gasteiger partial charge in [0.2, 0.25) is 0 Å². The number of benzene rings is 2. The third-order valence-electron chi connectivity index (χ3n) is 4.54. The van der Waals surface area contributed by atoms with Gasteiger partial charge in [-0.1, -0.05) is 55.1 Å². The van der Waals surface area contributed by atoms with Crippen LogP contribution in [0.2, 0.25) is 5.02 Å². The van der Waals surface area contributed by atoms with Gasteiger partial charge in [0, 0.05) is 16.6 Å². The SMILES string of the molecule is O=C(NN=Cc1ccccc1OCc1ccc(Cl)cc1)NC1CCCCC1. The number of nitrogens with one attached hydrogen (secondary N) is 2. The molecule has 1 fully saturated rings. The topological polar surface area (TPSA) is 62.7 Å². The maximum absolute atomic E-state index is 11.9. The summed E-state index contributed by atoms with van der Waals surface area (Å²) in [6.07, 6.45) is 7.28. The monoisotopic (exact) mass is 385 g/mol. The predicted molar refractivity (Wildman–Crippen MR) is 108 cm³/mol. The van der Waals surface area contributed by atoms with Crippen LogP contribution in [0.25, 0.3) is 0 Å². The van der Waals surface area contributed by atoms with Crippen molar-refractivity contribution < 1.29 is 9.53 Å². The number of hydrogen-bond acceptors (Lipinski definition) is 3. The number of nitrogens with zero attached hydrogens (tertiary/aromatic N) is 1. The second-order valence-corrected chi connectivity index (χ2v) is 7.07. The molecule has 0 aliphatic heterocycles. The Bertz CT molecular complexity index is 771. The van der Waals surface area contributed by atoms with Crippen molar-refractivity contribution in [2.45, 2.75) is 44.8 Å². The Hall–Kier alpha value is -2.53. The fourth-order valence-electron chi connectivity index (χ4n) is 3.09. The van der Waals surface area contributed by atoms with Crippen molar-refractivity contribution in [2.24, 2.45) is 5.10 Å². The molecule has 0 heterocycles. The first-order chi connectivity index (χ1) is 13.2. The molecule has 27 heavy (non-hydrogen) atoms. The van der Waals surface area contributed by atoms with Crippen LogP contribution in [-0.2, 0) is 6.61 Å². The molecule has 0 bridgehead atoms. The van der Waals surface area contributed by atoms with Gasteiger partial charge >= 0.3 is 6.03 Å². The molecule has 0 atom stereocenters. The zero-order valence-electron chi connectivity index (χ0n) is 15.2. The Morgan fingerprint density at radius 1 is 1.11 bits per heavy atom. The molecule has 2 N–H and O–H groups in total. The van der Waals surface area contributed by atoms with Crippen LogP contribution < -0.4 is 15.5 Å². The standard InChI is InChI=1S/C21H24ClN3O2/c22-18-12-10-16(11-13-18)15-27-20-9-5-4-6-17(20)14-23-25-21(26)24-19-7-2-1-3-8-19/h4-6,9-14,19H,1-3,7-8,15H2,(H2,24,25,26). The van der Waals surface area contributed by atoms with Crippen LogP contribution in [0.1, 0.15) is 43.2 Å². The molecule has 6 heteroatoms. The number of hydrogen-bond donors (Lipinski definition) is 2. The molecule has 142 valence electrons. The average Bonchev–Trinajstić information content (AvgIpc) is 2.69. The molecule has 0 radical (unpaired) electrons. The number of amides is 2. The van der Waals surface area contributed by atoms with E-state index < -0.39 is 0 Å². The molecule has 1 aliphatic rings. The van der Waals surface area contributed by atoms with Gasteiger partial charge in [-0.05, 0) is 42.7 Å². The number of ether oxygens (including phenoxy) is 1. The Morgan fingerprint density at radius 3 is 2.63 bits per heavy atom. The molecule has 2 aromatic carbocycles. The van der Waals surface area contributed by atoms with Crippen molar-refractivity contribution in [2.75, 3.05) is 0 Å². The highest BCUT2D eigenvalue weighted by molar-refractivity contribution is 6.30. The van der Waals surface area contributed by atoms with Crippen molar-refractivity contribution >= 4 is 23.8 Å². The average molecular weight is 386 g/mol. The van der Waals surface area contributed by atoms with Crippen LogP contribution in [0.3, 0.4) is 0 Å². The summed E-state index contributed by atoms with van der Waals surface area (Å²) >= 11 is 5.90. The van der Waals surface area contributed by atoms with Gasteiger partial charge in [0.25, 0.3) is 0 Å². The highest BCUT2D eigenvalue weighted by atomic mass is 35.5. The van der Waals surface area contributed by atoms with Gasteiger partial charge in [-0.2, -0.15) is 5.10 Å². The van der Waals surface area contributed by atoms with Crippen molar-refractivity contribution in [3.05, 3.63) is 64.7 Å². The number of halogens is 1. The van der Waals surface area contributed by atoms with E-state index in [0.717, 1.165) is 24.0 Å². The van der Waals surface area contributed by atoms with Crippen LogP contribution in [0.15, 0.2) is 53.6 Å². The highest BCUT2D eigenvalue weighted by Gasteiger charge is 2.15. The first kappa shape index (κ1) is 19.2. The lowest BCUT2D eigenvalue weighted by atomic mass is 9.96. The number of hydrazone groups is 1. The number of rotatable bonds is 6. The summed E-state index contributed by atoms with van der Waals surface area (Å²) in [5.41, 5.74) is 4.35. The van der Waals surface area contributed by atoms with E-state index in [1.54, 1.807) is 6.21 Å². The first-order valence-electron chi connectivity index (χ1n) is 9.26. The second kappa shape index (κ2) is 9.97. The third kappa shape index (κ3) is 6.29. The summed E-state index contributed by atoms with van der Waals surface area (Å²) in [6, 6.07) is 15.1. The lowest BCUT2D eigenvalue weighted by Crippen LogP contribution is -2.41. The minimum absolute atomic E-state index is 0.254. The van der Waals surface area contributed by atoms with Gasteiger partial charge in [0.05, 0.1) is 6.21 Å². The summed E-state index contributed by atoms with van der Waals surface area (Å²) in [6.45, 7) is 0.428. The summed E-state index contributed by atoms with van der Waals surface area (Å²) < 4.78 is 5.88. The fraction of sp³-hybridized carbons (Fsp3) is 0.333. The number of carbonyl (C=O) groups excluding carboxylic acids is 1. The van der Waals surface area contributed by atoms with E-state index in [0.29, 0.717) is 17.4 Å². The summed E-state index contributed by atoms with van der Waals surface area (Å²) in [5, 5.41) is 7.71. The van der Waals surface area contributed by atoms with Crippen molar-refractivity contribution in [3.63, 3.8) is 0 Å². The van der Waals surface area contributed by atoms with E-state index >= 15 is 0 Å². The van der Waals surface area contributed by atoms with E-state index in [2.05, 4.69) is 15.8 Å². The smallest absolute Gasteiger partial charge is 0.335 e. The lowest BCUT2D eigenvalue weighted by Gasteiger charge is -2.22. The molecule has 0 spiro atoms. The summed E-state index contributed by atoms with van der Waals surface area (Å²) in [5.74, 6) is 0.700. The zero-order chi connectivity index (χ0) is 18.9. The van der Waals surface area contributed by atoms with Gasteiger partial charge < -0.3 is 10.1 Å². The van der Waals surface area contributed by atoms with E-state index in [1.165, 1.54) is 19.3 Å². The van der Waals surface area contributed by atoms with Crippen molar-refractivity contribution in [1.82, 2.24) is 10.7 Å². The van der Waals surface area contributed by atoms with E-state index in [1.807, 2.05) is 48.5 Å². The molecule has 5 nitrogen and oxygen atoms in total. The van der Waals surface area contributed by atoms with Crippen LogP contribution in [0, 0.1) is 0 Å². The highest BCUT2D eigenvalue weighted by Crippen LogP contribution is 2.19. The summed E-state index contributed by atoms with van der Waals surface area (Å²) in [7, 11) is 0. The quantitative estimate of drug-likeness (QED) is 0.549. The minimum Gasteiger partial charge on any atom is -0.488 e. The van der Waals surface area contributed by atoms with Crippen LogP contribution in [0.4, 0.5) is 4.79 Å². The van der Waals surface area contributed by atoms with E-state index in [9.17, 15) is 4.79 Å². The molecule has 0 aromatic heterocycles.